The van der Waals surface area contributed by atoms with Gasteiger partial charge in [-0.15, -0.1) is 0 Å². The van der Waals surface area contributed by atoms with Crippen LogP contribution in [0.1, 0.15) is 18.1 Å². The van der Waals surface area contributed by atoms with Crippen LogP contribution in [0.15, 0.2) is 42.7 Å². The van der Waals surface area contributed by atoms with E-state index in [0.717, 1.165) is 11.1 Å². The summed E-state index contributed by atoms with van der Waals surface area (Å²) in [5, 5.41) is 2.79. The van der Waals surface area contributed by atoms with E-state index < -0.39 is 0 Å². The SMILES string of the molecule is COc1ccc(C)cc1N(CC(=O)NCc1cccnc1)C(C)=O. The van der Waals surface area contributed by atoms with Crippen LogP contribution in [-0.2, 0) is 16.1 Å². The van der Waals surface area contributed by atoms with Crippen LogP contribution in [0.25, 0.3) is 0 Å². The number of aromatic nitrogens is 1. The van der Waals surface area contributed by atoms with E-state index in [2.05, 4.69) is 10.3 Å². The van der Waals surface area contributed by atoms with Crippen LogP contribution in [0.5, 0.6) is 5.75 Å². The van der Waals surface area contributed by atoms with Crippen molar-refractivity contribution in [3.8, 4) is 5.75 Å². The van der Waals surface area contributed by atoms with Crippen molar-refractivity contribution in [3.63, 3.8) is 0 Å². The number of benzene rings is 1. The van der Waals surface area contributed by atoms with Gasteiger partial charge in [-0.2, -0.15) is 0 Å². The number of aryl methyl sites for hydroxylation is 1. The molecular formula is C18H21N3O3. The first kappa shape index (κ1) is 17.5. The van der Waals surface area contributed by atoms with Crippen molar-refractivity contribution in [3.05, 3.63) is 53.9 Å². The summed E-state index contributed by atoms with van der Waals surface area (Å²) in [6.45, 7) is 3.64. The maximum Gasteiger partial charge on any atom is 0.240 e. The fraction of sp³-hybridized carbons (Fsp3) is 0.278. The zero-order valence-electron chi connectivity index (χ0n) is 14.1. The van der Waals surface area contributed by atoms with Crippen LogP contribution in [0, 0.1) is 6.92 Å². The standard InChI is InChI=1S/C18H21N3O3/c1-13-6-7-17(24-3)16(9-13)21(14(2)22)12-18(23)20-11-15-5-4-8-19-10-15/h4-10H,11-12H2,1-3H3,(H,20,23). The largest absolute Gasteiger partial charge is 0.495 e. The molecule has 0 aliphatic rings. The Hall–Kier alpha value is -2.89. The molecule has 0 bridgehead atoms. The Bertz CT molecular complexity index is 717. The van der Waals surface area contributed by atoms with Gasteiger partial charge in [-0.3, -0.25) is 19.5 Å². The Balaban J connectivity index is 2.10. The predicted molar refractivity (Wildman–Crippen MR) is 91.8 cm³/mol. The molecule has 6 heteroatoms. The number of amides is 2. The topological polar surface area (TPSA) is 71.5 Å². The molecule has 1 N–H and O–H groups in total. The third kappa shape index (κ3) is 4.55. The molecule has 0 unspecified atom stereocenters. The van der Waals surface area contributed by atoms with Crippen LogP contribution in [0.3, 0.4) is 0 Å². The van der Waals surface area contributed by atoms with E-state index in [1.807, 2.05) is 25.1 Å². The molecule has 0 radical (unpaired) electrons. The fourth-order valence-corrected chi connectivity index (χ4v) is 2.28. The van der Waals surface area contributed by atoms with Gasteiger partial charge in [0.05, 0.1) is 12.8 Å². The quantitative estimate of drug-likeness (QED) is 0.881. The molecule has 1 heterocycles. The van der Waals surface area contributed by atoms with E-state index in [-0.39, 0.29) is 18.4 Å². The molecule has 0 fully saturated rings. The molecule has 0 saturated heterocycles. The van der Waals surface area contributed by atoms with Crippen molar-refractivity contribution < 1.29 is 14.3 Å². The van der Waals surface area contributed by atoms with Gasteiger partial charge in [-0.25, -0.2) is 0 Å². The Kier molecular flexibility index (Phi) is 5.89. The van der Waals surface area contributed by atoms with Gasteiger partial charge in [0.1, 0.15) is 12.3 Å². The summed E-state index contributed by atoms with van der Waals surface area (Å²) >= 11 is 0. The first-order chi connectivity index (χ1) is 11.5. The number of anilines is 1. The predicted octanol–water partition coefficient (Wildman–Crippen LogP) is 2.07. The molecule has 6 nitrogen and oxygen atoms in total. The average Bonchev–Trinajstić information content (AvgIpc) is 2.58. The molecule has 2 amide bonds. The van der Waals surface area contributed by atoms with Gasteiger partial charge in [-0.1, -0.05) is 12.1 Å². The maximum atomic E-state index is 12.2. The number of nitrogens with zero attached hydrogens (tertiary/aromatic N) is 2. The molecule has 1 aromatic carbocycles. The van der Waals surface area contributed by atoms with Crippen molar-refractivity contribution in [1.29, 1.82) is 0 Å². The summed E-state index contributed by atoms with van der Waals surface area (Å²) in [6, 6.07) is 9.19. The van der Waals surface area contributed by atoms with Gasteiger partial charge in [0.15, 0.2) is 0 Å². The van der Waals surface area contributed by atoms with Crippen molar-refractivity contribution in [2.45, 2.75) is 20.4 Å². The van der Waals surface area contributed by atoms with Gasteiger partial charge in [0, 0.05) is 25.9 Å². The minimum absolute atomic E-state index is 0.0740. The highest BCUT2D eigenvalue weighted by Gasteiger charge is 2.19. The highest BCUT2D eigenvalue weighted by molar-refractivity contribution is 5.98. The van der Waals surface area contributed by atoms with Crippen LogP contribution in [-0.4, -0.2) is 30.5 Å². The number of pyridine rings is 1. The molecule has 2 rings (SSSR count). The number of nitrogens with one attached hydrogen (secondary N) is 1. The lowest BCUT2D eigenvalue weighted by Gasteiger charge is -2.23. The number of hydrogen-bond donors (Lipinski definition) is 1. The minimum atomic E-state index is -0.252. The first-order valence-electron chi connectivity index (χ1n) is 7.59. The van der Waals surface area contributed by atoms with Gasteiger partial charge in [-0.05, 0) is 36.2 Å². The summed E-state index contributed by atoms with van der Waals surface area (Å²) in [5.41, 5.74) is 2.46. The Morgan fingerprint density at radius 2 is 2.08 bits per heavy atom. The van der Waals surface area contributed by atoms with E-state index in [9.17, 15) is 9.59 Å². The maximum absolute atomic E-state index is 12.2. The van der Waals surface area contributed by atoms with Gasteiger partial charge in [0.25, 0.3) is 0 Å². The number of carbonyl (C=O) groups excluding carboxylic acids is 2. The lowest BCUT2D eigenvalue weighted by Crippen LogP contribution is -2.39. The monoisotopic (exact) mass is 327 g/mol. The second-order valence-corrected chi connectivity index (χ2v) is 5.42. The zero-order chi connectivity index (χ0) is 17.5. The molecule has 0 atom stereocenters. The summed E-state index contributed by atoms with van der Waals surface area (Å²) in [7, 11) is 1.54. The third-order valence-electron chi connectivity index (χ3n) is 3.52. The minimum Gasteiger partial charge on any atom is -0.495 e. The zero-order valence-corrected chi connectivity index (χ0v) is 14.1. The van der Waals surface area contributed by atoms with E-state index in [1.165, 1.54) is 18.9 Å². The lowest BCUT2D eigenvalue weighted by molar-refractivity contribution is -0.123. The summed E-state index contributed by atoms with van der Waals surface area (Å²) < 4.78 is 5.31. The van der Waals surface area contributed by atoms with Gasteiger partial charge < -0.3 is 10.1 Å². The van der Waals surface area contributed by atoms with E-state index in [0.29, 0.717) is 18.0 Å². The lowest BCUT2D eigenvalue weighted by atomic mass is 10.2. The van der Waals surface area contributed by atoms with Gasteiger partial charge in [0.2, 0.25) is 11.8 Å². The smallest absolute Gasteiger partial charge is 0.240 e. The number of rotatable bonds is 6. The average molecular weight is 327 g/mol. The van der Waals surface area contributed by atoms with Crippen LogP contribution < -0.4 is 15.0 Å². The Morgan fingerprint density at radius 1 is 1.29 bits per heavy atom. The first-order valence-corrected chi connectivity index (χ1v) is 7.59. The number of methoxy groups -OCH3 is 1. The number of carbonyl (C=O) groups is 2. The molecular weight excluding hydrogens is 306 g/mol. The summed E-state index contributed by atoms with van der Waals surface area (Å²) in [6.07, 6.45) is 3.36. The second-order valence-electron chi connectivity index (χ2n) is 5.42. The van der Waals surface area contributed by atoms with Crippen molar-refractivity contribution >= 4 is 17.5 Å². The molecule has 0 saturated carbocycles. The normalized spacial score (nSPS) is 10.1. The molecule has 2 aromatic rings. The summed E-state index contributed by atoms with van der Waals surface area (Å²) in [4.78, 5) is 29.6. The summed E-state index contributed by atoms with van der Waals surface area (Å²) in [5.74, 6) is 0.0731. The number of hydrogen-bond acceptors (Lipinski definition) is 4. The van der Waals surface area contributed by atoms with Crippen LogP contribution >= 0.6 is 0 Å². The van der Waals surface area contributed by atoms with Crippen LogP contribution in [0.2, 0.25) is 0 Å². The Labute approximate surface area is 141 Å². The van der Waals surface area contributed by atoms with E-state index in [4.69, 9.17) is 4.74 Å². The highest BCUT2D eigenvalue weighted by atomic mass is 16.5. The van der Waals surface area contributed by atoms with Crippen molar-refractivity contribution in [2.75, 3.05) is 18.6 Å². The second kappa shape index (κ2) is 8.10. The van der Waals surface area contributed by atoms with Crippen molar-refractivity contribution in [1.82, 2.24) is 10.3 Å². The van der Waals surface area contributed by atoms with Crippen molar-refractivity contribution in [2.24, 2.45) is 0 Å². The highest BCUT2D eigenvalue weighted by Crippen LogP contribution is 2.29. The fourth-order valence-electron chi connectivity index (χ4n) is 2.28. The van der Waals surface area contributed by atoms with Gasteiger partial charge >= 0.3 is 0 Å². The molecule has 1 aromatic heterocycles. The number of ether oxygens (including phenoxy) is 1. The molecule has 24 heavy (non-hydrogen) atoms. The molecule has 0 spiro atoms. The Morgan fingerprint density at radius 3 is 2.71 bits per heavy atom. The van der Waals surface area contributed by atoms with E-state index >= 15 is 0 Å². The molecule has 0 aliphatic carbocycles. The molecule has 126 valence electrons. The van der Waals surface area contributed by atoms with E-state index in [1.54, 1.807) is 24.5 Å². The van der Waals surface area contributed by atoms with Crippen LogP contribution in [0.4, 0.5) is 5.69 Å². The third-order valence-corrected chi connectivity index (χ3v) is 3.52. The molecule has 0 aliphatic heterocycles.